The number of thiazole rings is 1. The molecule has 0 fully saturated rings. The van der Waals surface area contributed by atoms with Crippen LogP contribution in [0.15, 0.2) is 35.3 Å². The van der Waals surface area contributed by atoms with E-state index >= 15 is 0 Å². The van der Waals surface area contributed by atoms with Gasteiger partial charge in [-0.2, -0.15) is 0 Å². The Morgan fingerprint density at radius 1 is 1.12 bits per heavy atom. The number of guanidine groups is 1. The van der Waals surface area contributed by atoms with Crippen LogP contribution < -0.4 is 16.0 Å². The first-order valence-corrected chi connectivity index (χ1v) is 9.20. The van der Waals surface area contributed by atoms with Gasteiger partial charge in [-0.3, -0.25) is 4.79 Å². The third-order valence-corrected chi connectivity index (χ3v) is 4.59. The van der Waals surface area contributed by atoms with Gasteiger partial charge in [-0.05, 0) is 32.9 Å². The maximum atomic E-state index is 12.0. The summed E-state index contributed by atoms with van der Waals surface area (Å²) in [6, 6.07) is 9.19. The molecule has 0 saturated heterocycles. The Labute approximate surface area is 175 Å². The number of halogens is 1. The van der Waals surface area contributed by atoms with Crippen LogP contribution in [0, 0.1) is 13.8 Å². The van der Waals surface area contributed by atoms with E-state index in [2.05, 4.69) is 32.9 Å². The predicted molar refractivity (Wildman–Crippen MR) is 119 cm³/mol. The zero-order chi connectivity index (χ0) is 18.1. The molecule has 0 unspecified atom stereocenters. The molecule has 0 radical (unpaired) electrons. The SMILES string of the molecule is CCNC(=NCc1nc(C)c(C)s1)NCCNC(=O)c1ccccc1.I. The second kappa shape index (κ2) is 11.8. The zero-order valence-corrected chi connectivity index (χ0v) is 18.5. The summed E-state index contributed by atoms with van der Waals surface area (Å²) >= 11 is 1.67. The summed E-state index contributed by atoms with van der Waals surface area (Å²) in [5, 5.41) is 10.3. The fourth-order valence-electron chi connectivity index (χ4n) is 2.14. The lowest BCUT2D eigenvalue weighted by molar-refractivity contribution is 0.0954. The highest BCUT2D eigenvalue weighted by Crippen LogP contribution is 2.16. The van der Waals surface area contributed by atoms with Gasteiger partial charge < -0.3 is 16.0 Å². The van der Waals surface area contributed by atoms with Crippen molar-refractivity contribution >= 4 is 47.2 Å². The van der Waals surface area contributed by atoms with Crippen molar-refractivity contribution in [3.05, 3.63) is 51.5 Å². The van der Waals surface area contributed by atoms with Crippen molar-refractivity contribution in [2.24, 2.45) is 4.99 Å². The minimum Gasteiger partial charge on any atom is -0.357 e. The van der Waals surface area contributed by atoms with Crippen LogP contribution in [-0.2, 0) is 6.54 Å². The number of hydrogen-bond donors (Lipinski definition) is 3. The van der Waals surface area contributed by atoms with Gasteiger partial charge in [-0.1, -0.05) is 18.2 Å². The minimum absolute atomic E-state index is 0. The topological polar surface area (TPSA) is 78.4 Å². The lowest BCUT2D eigenvalue weighted by Crippen LogP contribution is -2.41. The van der Waals surface area contributed by atoms with Crippen molar-refractivity contribution in [2.75, 3.05) is 19.6 Å². The molecule has 142 valence electrons. The molecule has 26 heavy (non-hydrogen) atoms. The summed E-state index contributed by atoms with van der Waals surface area (Å²) in [5.41, 5.74) is 1.73. The van der Waals surface area contributed by atoms with Crippen LogP contribution in [0.4, 0.5) is 0 Å². The number of carbonyl (C=O) groups excluding carboxylic acids is 1. The fraction of sp³-hybridized carbons (Fsp3) is 0.389. The molecular formula is C18H26IN5OS. The summed E-state index contributed by atoms with van der Waals surface area (Å²) in [6.07, 6.45) is 0. The van der Waals surface area contributed by atoms with Gasteiger partial charge in [-0.25, -0.2) is 9.98 Å². The minimum atomic E-state index is -0.0712. The van der Waals surface area contributed by atoms with E-state index in [1.165, 1.54) is 4.88 Å². The van der Waals surface area contributed by atoms with Gasteiger partial charge in [0.2, 0.25) is 0 Å². The van der Waals surface area contributed by atoms with Crippen LogP contribution in [0.2, 0.25) is 0 Å². The van der Waals surface area contributed by atoms with Crippen LogP contribution >= 0.6 is 35.3 Å². The standard InChI is InChI=1S/C18H25N5OS.HI/c1-4-19-18(22-12-16-23-13(2)14(3)25-16)21-11-10-20-17(24)15-8-6-5-7-9-15;/h5-9H,4,10-12H2,1-3H3,(H,20,24)(H2,19,21,22);1H. The summed E-state index contributed by atoms with van der Waals surface area (Å²) in [6.45, 7) is 8.54. The molecule has 3 N–H and O–H groups in total. The maximum Gasteiger partial charge on any atom is 0.251 e. The molecule has 0 aliphatic heterocycles. The van der Waals surface area contributed by atoms with Gasteiger partial charge in [0.25, 0.3) is 5.91 Å². The van der Waals surface area contributed by atoms with E-state index in [0.717, 1.165) is 23.2 Å². The van der Waals surface area contributed by atoms with Crippen LogP contribution in [0.25, 0.3) is 0 Å². The van der Waals surface area contributed by atoms with Gasteiger partial charge >= 0.3 is 0 Å². The number of aromatic nitrogens is 1. The first kappa shape index (κ1) is 22.4. The number of amides is 1. The van der Waals surface area contributed by atoms with E-state index in [1.54, 1.807) is 23.5 Å². The smallest absolute Gasteiger partial charge is 0.251 e. The molecule has 6 nitrogen and oxygen atoms in total. The van der Waals surface area contributed by atoms with Crippen molar-refractivity contribution in [1.29, 1.82) is 0 Å². The first-order valence-electron chi connectivity index (χ1n) is 8.38. The summed E-state index contributed by atoms with van der Waals surface area (Å²) in [7, 11) is 0. The predicted octanol–water partition coefficient (Wildman–Crippen LogP) is 2.86. The van der Waals surface area contributed by atoms with Crippen molar-refractivity contribution in [3.8, 4) is 0 Å². The number of nitrogens with one attached hydrogen (secondary N) is 3. The van der Waals surface area contributed by atoms with E-state index in [1.807, 2.05) is 32.0 Å². The summed E-state index contributed by atoms with van der Waals surface area (Å²) < 4.78 is 0. The Morgan fingerprint density at radius 2 is 1.81 bits per heavy atom. The maximum absolute atomic E-state index is 12.0. The summed E-state index contributed by atoms with van der Waals surface area (Å²) in [5.74, 6) is 0.653. The molecule has 1 aromatic heterocycles. The van der Waals surface area contributed by atoms with Crippen LogP contribution in [0.3, 0.4) is 0 Å². The molecule has 1 heterocycles. The number of aliphatic imine (C=N–C) groups is 1. The largest absolute Gasteiger partial charge is 0.357 e. The molecule has 0 saturated carbocycles. The van der Waals surface area contributed by atoms with Gasteiger partial charge in [0.1, 0.15) is 5.01 Å². The van der Waals surface area contributed by atoms with Gasteiger partial charge in [0.15, 0.2) is 5.96 Å². The average Bonchev–Trinajstić information content (AvgIpc) is 2.95. The molecule has 8 heteroatoms. The molecule has 0 spiro atoms. The van der Waals surface area contributed by atoms with Crippen LogP contribution in [0.1, 0.15) is 32.9 Å². The molecule has 0 bridgehead atoms. The normalized spacial score (nSPS) is 10.8. The second-order valence-electron chi connectivity index (χ2n) is 5.49. The first-order chi connectivity index (χ1) is 12.1. The molecule has 2 rings (SSSR count). The van der Waals surface area contributed by atoms with E-state index in [4.69, 9.17) is 0 Å². The Kier molecular flexibility index (Phi) is 10.2. The Balaban J connectivity index is 0.00000338. The summed E-state index contributed by atoms with van der Waals surface area (Å²) in [4.78, 5) is 22.2. The van der Waals surface area contributed by atoms with E-state index in [9.17, 15) is 4.79 Å². The number of aryl methyl sites for hydroxylation is 2. The number of nitrogens with zero attached hydrogens (tertiary/aromatic N) is 2. The van der Waals surface area contributed by atoms with Gasteiger partial charge in [0, 0.05) is 30.1 Å². The Morgan fingerprint density at radius 3 is 2.42 bits per heavy atom. The lowest BCUT2D eigenvalue weighted by Gasteiger charge is -2.11. The number of hydrogen-bond acceptors (Lipinski definition) is 4. The van der Waals surface area contributed by atoms with Gasteiger partial charge in [0.05, 0.1) is 12.2 Å². The van der Waals surface area contributed by atoms with Crippen molar-refractivity contribution < 1.29 is 4.79 Å². The molecule has 2 aromatic rings. The fourth-order valence-corrected chi connectivity index (χ4v) is 3.00. The van der Waals surface area contributed by atoms with Crippen molar-refractivity contribution in [1.82, 2.24) is 20.9 Å². The molecule has 0 atom stereocenters. The monoisotopic (exact) mass is 487 g/mol. The molecule has 0 aliphatic rings. The third kappa shape index (κ3) is 7.28. The molecule has 1 aromatic carbocycles. The Hall–Kier alpha value is -1.68. The van der Waals surface area contributed by atoms with E-state index in [0.29, 0.717) is 25.2 Å². The quantitative estimate of drug-likeness (QED) is 0.243. The molecule has 0 aliphatic carbocycles. The molecular weight excluding hydrogens is 461 g/mol. The van der Waals surface area contributed by atoms with E-state index in [-0.39, 0.29) is 29.9 Å². The van der Waals surface area contributed by atoms with Crippen molar-refractivity contribution in [3.63, 3.8) is 0 Å². The highest BCUT2D eigenvalue weighted by molar-refractivity contribution is 14.0. The van der Waals surface area contributed by atoms with Crippen molar-refractivity contribution in [2.45, 2.75) is 27.3 Å². The average molecular weight is 487 g/mol. The molecule has 1 amide bonds. The number of rotatable bonds is 7. The lowest BCUT2D eigenvalue weighted by atomic mass is 10.2. The van der Waals surface area contributed by atoms with Crippen LogP contribution in [-0.4, -0.2) is 36.5 Å². The van der Waals surface area contributed by atoms with Gasteiger partial charge in [-0.15, -0.1) is 35.3 Å². The second-order valence-corrected chi connectivity index (χ2v) is 6.78. The zero-order valence-electron chi connectivity index (χ0n) is 15.3. The number of benzene rings is 1. The third-order valence-electron chi connectivity index (χ3n) is 3.53. The van der Waals surface area contributed by atoms with Crippen LogP contribution in [0.5, 0.6) is 0 Å². The highest BCUT2D eigenvalue weighted by Gasteiger charge is 2.05. The Bertz CT molecular complexity index is 698. The number of carbonyl (C=O) groups is 1. The van der Waals surface area contributed by atoms with E-state index < -0.39 is 0 Å². The highest BCUT2D eigenvalue weighted by atomic mass is 127.